The van der Waals surface area contributed by atoms with Gasteiger partial charge < -0.3 is 10.7 Å². The van der Waals surface area contributed by atoms with E-state index in [0.717, 1.165) is 27.9 Å². The first-order valence-electron chi connectivity index (χ1n) is 7.17. The standard InChI is InChI=1S/C18H13FN4/c19-13-9-14-18(22-10-13)16(11-4-2-1-3-5-11)17(23-14)12-6-7-21-15(20)8-12/h1-10,23H,(H2,20,21). The van der Waals surface area contributed by atoms with Gasteiger partial charge in [-0.2, -0.15) is 0 Å². The second kappa shape index (κ2) is 5.21. The fourth-order valence-corrected chi connectivity index (χ4v) is 2.76. The Bertz CT molecular complexity index is 993. The molecule has 0 saturated heterocycles. The Morgan fingerprint density at radius 1 is 0.957 bits per heavy atom. The minimum Gasteiger partial charge on any atom is -0.384 e. The fourth-order valence-electron chi connectivity index (χ4n) is 2.76. The normalized spacial score (nSPS) is 11.0. The maximum atomic E-state index is 13.5. The molecule has 4 rings (SSSR count). The van der Waals surface area contributed by atoms with Crippen LogP contribution in [0, 0.1) is 5.82 Å². The molecule has 0 spiro atoms. The van der Waals surface area contributed by atoms with Gasteiger partial charge in [0.2, 0.25) is 0 Å². The molecule has 0 atom stereocenters. The van der Waals surface area contributed by atoms with Crippen molar-refractivity contribution in [1.29, 1.82) is 0 Å². The summed E-state index contributed by atoms with van der Waals surface area (Å²) in [6.07, 6.45) is 2.88. The number of hydrogen-bond acceptors (Lipinski definition) is 3. The van der Waals surface area contributed by atoms with Crippen molar-refractivity contribution < 1.29 is 4.39 Å². The molecule has 0 amide bonds. The molecule has 0 radical (unpaired) electrons. The van der Waals surface area contributed by atoms with Gasteiger partial charge in [0.05, 0.1) is 22.9 Å². The zero-order valence-corrected chi connectivity index (χ0v) is 12.1. The highest BCUT2D eigenvalue weighted by atomic mass is 19.1. The number of nitrogens with zero attached hydrogens (tertiary/aromatic N) is 2. The van der Waals surface area contributed by atoms with Crippen molar-refractivity contribution in [1.82, 2.24) is 15.0 Å². The largest absolute Gasteiger partial charge is 0.384 e. The molecule has 3 aromatic heterocycles. The summed E-state index contributed by atoms with van der Waals surface area (Å²) < 4.78 is 13.5. The molecule has 5 heteroatoms. The van der Waals surface area contributed by atoms with Crippen LogP contribution in [0.5, 0.6) is 0 Å². The van der Waals surface area contributed by atoms with Crippen molar-refractivity contribution in [3.63, 3.8) is 0 Å². The monoisotopic (exact) mass is 304 g/mol. The lowest BCUT2D eigenvalue weighted by Crippen LogP contribution is -1.90. The molecule has 0 bridgehead atoms. The SMILES string of the molecule is Nc1cc(-c2[nH]c3cc(F)cnc3c2-c2ccccc2)ccn1. The first-order valence-corrected chi connectivity index (χ1v) is 7.17. The summed E-state index contributed by atoms with van der Waals surface area (Å²) in [5, 5.41) is 0. The van der Waals surface area contributed by atoms with Gasteiger partial charge in [0, 0.05) is 23.4 Å². The Balaban J connectivity index is 2.07. The number of aromatic amines is 1. The number of hydrogen-bond donors (Lipinski definition) is 2. The third-order valence-corrected chi connectivity index (χ3v) is 3.73. The van der Waals surface area contributed by atoms with E-state index in [1.54, 1.807) is 12.3 Å². The van der Waals surface area contributed by atoms with Crippen LogP contribution in [0.2, 0.25) is 0 Å². The zero-order chi connectivity index (χ0) is 15.8. The molecule has 0 aliphatic carbocycles. The summed E-state index contributed by atoms with van der Waals surface area (Å²) in [4.78, 5) is 11.6. The topological polar surface area (TPSA) is 67.6 Å². The van der Waals surface area contributed by atoms with Crippen LogP contribution in [-0.4, -0.2) is 15.0 Å². The van der Waals surface area contributed by atoms with Crippen LogP contribution < -0.4 is 5.73 Å². The highest BCUT2D eigenvalue weighted by Gasteiger charge is 2.16. The van der Waals surface area contributed by atoms with Gasteiger partial charge >= 0.3 is 0 Å². The van der Waals surface area contributed by atoms with E-state index in [1.165, 1.54) is 12.3 Å². The molecule has 0 aliphatic rings. The summed E-state index contributed by atoms with van der Waals surface area (Å²) in [6.45, 7) is 0. The van der Waals surface area contributed by atoms with Gasteiger partial charge in [0.15, 0.2) is 0 Å². The molecule has 0 saturated carbocycles. The van der Waals surface area contributed by atoms with E-state index in [1.807, 2.05) is 36.4 Å². The Morgan fingerprint density at radius 2 is 1.78 bits per heavy atom. The van der Waals surface area contributed by atoms with Crippen LogP contribution in [-0.2, 0) is 0 Å². The van der Waals surface area contributed by atoms with Crippen LogP contribution in [0.1, 0.15) is 0 Å². The lowest BCUT2D eigenvalue weighted by Gasteiger charge is -2.05. The summed E-state index contributed by atoms with van der Waals surface area (Å²) in [7, 11) is 0. The number of halogens is 1. The molecule has 4 aromatic rings. The van der Waals surface area contributed by atoms with Crippen LogP contribution in [0.3, 0.4) is 0 Å². The molecule has 4 nitrogen and oxygen atoms in total. The number of anilines is 1. The average molecular weight is 304 g/mol. The minimum absolute atomic E-state index is 0.376. The lowest BCUT2D eigenvalue weighted by molar-refractivity contribution is 0.624. The number of rotatable bonds is 2. The van der Waals surface area contributed by atoms with Crippen LogP contribution in [0.25, 0.3) is 33.4 Å². The van der Waals surface area contributed by atoms with E-state index >= 15 is 0 Å². The predicted octanol–water partition coefficient (Wildman–Crippen LogP) is 4.01. The average Bonchev–Trinajstić information content (AvgIpc) is 2.94. The van der Waals surface area contributed by atoms with Gasteiger partial charge in [-0.25, -0.2) is 9.37 Å². The molecule has 1 aromatic carbocycles. The van der Waals surface area contributed by atoms with E-state index in [-0.39, 0.29) is 5.82 Å². The van der Waals surface area contributed by atoms with E-state index in [2.05, 4.69) is 15.0 Å². The van der Waals surface area contributed by atoms with Gasteiger partial charge in [-0.15, -0.1) is 0 Å². The van der Waals surface area contributed by atoms with Crippen molar-refractivity contribution in [3.05, 3.63) is 66.7 Å². The van der Waals surface area contributed by atoms with E-state index in [9.17, 15) is 4.39 Å². The summed E-state index contributed by atoms with van der Waals surface area (Å²) in [6, 6.07) is 15.0. The molecule has 3 heterocycles. The maximum absolute atomic E-state index is 13.5. The third-order valence-electron chi connectivity index (χ3n) is 3.73. The highest BCUT2D eigenvalue weighted by molar-refractivity contribution is 6.01. The maximum Gasteiger partial charge on any atom is 0.143 e. The molecule has 3 N–H and O–H groups in total. The molecular weight excluding hydrogens is 291 g/mol. The predicted molar refractivity (Wildman–Crippen MR) is 89.1 cm³/mol. The van der Waals surface area contributed by atoms with Gasteiger partial charge in [-0.05, 0) is 17.7 Å². The Hall–Kier alpha value is -3.21. The summed E-state index contributed by atoms with van der Waals surface area (Å²) >= 11 is 0. The molecule has 0 fully saturated rings. The van der Waals surface area contributed by atoms with Gasteiger partial charge in [0.1, 0.15) is 11.6 Å². The number of pyridine rings is 2. The van der Waals surface area contributed by atoms with Crippen LogP contribution in [0.4, 0.5) is 10.2 Å². The molecular formula is C18H13FN4. The van der Waals surface area contributed by atoms with Crippen molar-refractivity contribution in [2.45, 2.75) is 0 Å². The van der Waals surface area contributed by atoms with E-state index in [0.29, 0.717) is 11.3 Å². The second-order valence-electron chi connectivity index (χ2n) is 5.26. The molecule has 0 unspecified atom stereocenters. The number of nitrogen functional groups attached to an aromatic ring is 1. The number of benzene rings is 1. The first kappa shape index (κ1) is 13.5. The number of H-pyrrole nitrogens is 1. The van der Waals surface area contributed by atoms with Gasteiger partial charge in [-0.1, -0.05) is 30.3 Å². The second-order valence-corrected chi connectivity index (χ2v) is 5.26. The van der Waals surface area contributed by atoms with Crippen molar-refractivity contribution in [3.8, 4) is 22.4 Å². The fraction of sp³-hybridized carbons (Fsp3) is 0. The molecule has 112 valence electrons. The molecule has 23 heavy (non-hydrogen) atoms. The van der Waals surface area contributed by atoms with Gasteiger partial charge in [0.25, 0.3) is 0 Å². The Morgan fingerprint density at radius 3 is 2.57 bits per heavy atom. The van der Waals surface area contributed by atoms with E-state index < -0.39 is 0 Å². The minimum atomic E-state index is -0.376. The zero-order valence-electron chi connectivity index (χ0n) is 12.1. The van der Waals surface area contributed by atoms with E-state index in [4.69, 9.17) is 5.73 Å². The van der Waals surface area contributed by atoms with Crippen molar-refractivity contribution >= 4 is 16.9 Å². The quantitative estimate of drug-likeness (QED) is 0.588. The number of fused-ring (bicyclic) bond motifs is 1. The first-order chi connectivity index (χ1) is 11.2. The Labute approximate surface area is 131 Å². The summed E-state index contributed by atoms with van der Waals surface area (Å²) in [5.74, 6) is 0.0541. The Kier molecular flexibility index (Phi) is 3.05. The van der Waals surface area contributed by atoms with Crippen molar-refractivity contribution in [2.75, 3.05) is 5.73 Å². The third kappa shape index (κ3) is 2.32. The number of aromatic nitrogens is 3. The highest BCUT2D eigenvalue weighted by Crippen LogP contribution is 2.37. The smallest absolute Gasteiger partial charge is 0.143 e. The van der Waals surface area contributed by atoms with Gasteiger partial charge in [-0.3, -0.25) is 4.98 Å². The van der Waals surface area contributed by atoms with Crippen LogP contribution >= 0.6 is 0 Å². The van der Waals surface area contributed by atoms with Crippen molar-refractivity contribution in [2.24, 2.45) is 0 Å². The lowest BCUT2D eigenvalue weighted by atomic mass is 10.0. The number of nitrogens with two attached hydrogens (primary N) is 1. The summed E-state index contributed by atoms with van der Waals surface area (Å²) in [5.41, 5.74) is 10.8. The van der Waals surface area contributed by atoms with Crippen LogP contribution in [0.15, 0.2) is 60.9 Å². The number of nitrogens with one attached hydrogen (secondary N) is 1. The molecule has 0 aliphatic heterocycles.